The Morgan fingerprint density at radius 1 is 1.12 bits per heavy atom. The van der Waals surface area contributed by atoms with Crippen molar-refractivity contribution in [3.8, 4) is 0 Å². The molecule has 0 aromatic heterocycles. The summed E-state index contributed by atoms with van der Waals surface area (Å²) in [7, 11) is 0. The molecule has 1 N–H and O–H groups in total. The highest BCUT2D eigenvalue weighted by Gasteiger charge is 2.09. The maximum atomic E-state index is 8.17. The van der Waals surface area contributed by atoms with E-state index in [1.54, 1.807) is 18.2 Å². The van der Waals surface area contributed by atoms with Crippen molar-refractivity contribution in [2.45, 2.75) is 0 Å². The Balaban J connectivity index is 2.50. The summed E-state index contributed by atoms with van der Waals surface area (Å²) in [6.07, 6.45) is 0. The van der Waals surface area contributed by atoms with Crippen LogP contribution in [0.15, 0.2) is 53.5 Å². The zero-order chi connectivity index (χ0) is 12.3. The fourth-order valence-corrected chi connectivity index (χ4v) is 1.78. The molecule has 0 bridgehead atoms. The van der Waals surface area contributed by atoms with Gasteiger partial charge in [0.2, 0.25) is 0 Å². The van der Waals surface area contributed by atoms with Gasteiger partial charge in [0.05, 0.1) is 11.4 Å². The van der Waals surface area contributed by atoms with Crippen molar-refractivity contribution in [1.29, 1.82) is 5.41 Å². The van der Waals surface area contributed by atoms with E-state index in [1.807, 2.05) is 30.3 Å². The molecule has 0 heterocycles. The molecule has 0 fully saturated rings. The molecule has 2 rings (SSSR count). The molecule has 0 aliphatic rings. The molecule has 17 heavy (non-hydrogen) atoms. The highest BCUT2D eigenvalue weighted by Crippen LogP contribution is 2.25. The molecule has 0 atom stereocenters. The summed E-state index contributed by atoms with van der Waals surface area (Å²) in [5.74, 6) is 0. The number of benzene rings is 2. The number of hydrogen-bond acceptors (Lipinski definition) is 2. The fraction of sp³-hybridized carbons (Fsp3) is 0. The molecule has 2 aromatic carbocycles. The third kappa shape index (κ3) is 2.43. The summed E-state index contributed by atoms with van der Waals surface area (Å²) >= 11 is 5.95. The lowest BCUT2D eigenvalue weighted by atomic mass is 10.0. The number of rotatable bonds is 3. The predicted molar refractivity (Wildman–Crippen MR) is 73.0 cm³/mol. The first kappa shape index (κ1) is 11.6. The maximum Gasteiger partial charge on any atom is 0.0717 e. The fourth-order valence-electron chi connectivity index (χ4n) is 1.61. The molecule has 84 valence electrons. The second kappa shape index (κ2) is 4.93. The third-order valence-electron chi connectivity index (χ3n) is 2.46. The number of nitrogens with zero attached hydrogens (tertiary/aromatic N) is 1. The van der Waals surface area contributed by atoms with E-state index < -0.39 is 0 Å². The van der Waals surface area contributed by atoms with Crippen molar-refractivity contribution < 1.29 is 0 Å². The van der Waals surface area contributed by atoms with Gasteiger partial charge < -0.3 is 0 Å². The second-order valence-electron chi connectivity index (χ2n) is 3.56. The van der Waals surface area contributed by atoms with E-state index in [-0.39, 0.29) is 0 Å². The molecule has 2 aromatic rings. The Kier molecular flexibility index (Phi) is 3.35. The van der Waals surface area contributed by atoms with E-state index in [2.05, 4.69) is 11.7 Å². The van der Waals surface area contributed by atoms with Gasteiger partial charge in [-0.05, 0) is 24.9 Å². The first-order valence-electron chi connectivity index (χ1n) is 5.13. The highest BCUT2D eigenvalue weighted by molar-refractivity contribution is 6.31. The lowest BCUT2D eigenvalue weighted by molar-refractivity contribution is 1.43. The molecule has 2 nitrogen and oxygen atoms in total. The summed E-state index contributed by atoms with van der Waals surface area (Å²) in [5, 5.41) is 8.76. The number of nitrogens with one attached hydrogen (secondary N) is 1. The molecule has 0 radical (unpaired) electrons. The highest BCUT2D eigenvalue weighted by atomic mass is 35.5. The van der Waals surface area contributed by atoms with Crippen LogP contribution in [0.5, 0.6) is 0 Å². The van der Waals surface area contributed by atoms with Crippen molar-refractivity contribution in [3.05, 3.63) is 64.7 Å². The largest absolute Gasteiger partial charge is 0.300 e. The zero-order valence-electron chi connectivity index (χ0n) is 9.15. The maximum absolute atomic E-state index is 8.17. The summed E-state index contributed by atoms with van der Waals surface area (Å²) < 4.78 is 0. The normalized spacial score (nSPS) is 9.94. The van der Waals surface area contributed by atoms with E-state index in [1.165, 1.54) is 0 Å². The third-order valence-corrected chi connectivity index (χ3v) is 2.70. The van der Waals surface area contributed by atoms with Crippen LogP contribution in [0.2, 0.25) is 5.02 Å². The minimum Gasteiger partial charge on any atom is -0.300 e. The van der Waals surface area contributed by atoms with Gasteiger partial charge in [-0.15, -0.1) is 0 Å². The summed E-state index contributed by atoms with van der Waals surface area (Å²) in [4.78, 5) is 3.91. The molecule has 3 heteroatoms. The average Bonchev–Trinajstić information content (AvgIpc) is 2.39. The molecule has 0 saturated heterocycles. The lowest BCUT2D eigenvalue weighted by Crippen LogP contribution is -2.01. The molecule has 0 spiro atoms. The number of hydrogen-bond donors (Lipinski definition) is 1. The summed E-state index contributed by atoms with van der Waals surface area (Å²) in [5.41, 5.74) is 2.59. The zero-order valence-corrected chi connectivity index (χ0v) is 9.91. The summed E-state index contributed by atoms with van der Waals surface area (Å²) in [6, 6.07) is 14.7. The molecule has 0 amide bonds. The Morgan fingerprint density at radius 2 is 1.82 bits per heavy atom. The number of aliphatic imine (C=N–C) groups is 1. The topological polar surface area (TPSA) is 36.2 Å². The first-order valence-corrected chi connectivity index (χ1v) is 5.51. The Labute approximate surface area is 105 Å². The van der Waals surface area contributed by atoms with Gasteiger partial charge in [0, 0.05) is 16.1 Å². The Hall–Kier alpha value is -1.93. The Morgan fingerprint density at radius 3 is 2.47 bits per heavy atom. The molecular weight excluding hydrogens is 232 g/mol. The van der Waals surface area contributed by atoms with E-state index in [0.29, 0.717) is 22.0 Å². The van der Waals surface area contributed by atoms with Gasteiger partial charge in [0.1, 0.15) is 0 Å². The quantitative estimate of drug-likeness (QED) is 0.788. The lowest BCUT2D eigenvalue weighted by Gasteiger charge is -2.08. The van der Waals surface area contributed by atoms with Gasteiger partial charge in [-0.25, -0.2) is 0 Å². The van der Waals surface area contributed by atoms with Crippen LogP contribution in [0, 0.1) is 5.41 Å². The SMILES string of the molecule is C=Nc1ccc(Cl)cc1C(=N)c1ccccc1. The standard InChI is InChI=1S/C14H11ClN2/c1-17-13-8-7-11(15)9-12(13)14(16)10-5-3-2-4-6-10/h2-9,16H,1H2. The van der Waals surface area contributed by atoms with Crippen LogP contribution >= 0.6 is 11.6 Å². The van der Waals surface area contributed by atoms with Crippen LogP contribution in [0.4, 0.5) is 5.69 Å². The minimum absolute atomic E-state index is 0.399. The van der Waals surface area contributed by atoms with Crippen molar-refractivity contribution >= 4 is 29.7 Å². The van der Waals surface area contributed by atoms with Crippen LogP contribution in [0.1, 0.15) is 11.1 Å². The molecule has 0 unspecified atom stereocenters. The van der Waals surface area contributed by atoms with E-state index in [9.17, 15) is 0 Å². The first-order chi connectivity index (χ1) is 8.22. The smallest absolute Gasteiger partial charge is 0.0717 e. The minimum atomic E-state index is 0.399. The van der Waals surface area contributed by atoms with Gasteiger partial charge in [-0.1, -0.05) is 41.9 Å². The Bertz CT molecular complexity index is 562. The average molecular weight is 243 g/mol. The van der Waals surface area contributed by atoms with Crippen LogP contribution in [0.3, 0.4) is 0 Å². The molecule has 0 aliphatic carbocycles. The van der Waals surface area contributed by atoms with Crippen LogP contribution in [-0.2, 0) is 0 Å². The monoisotopic (exact) mass is 242 g/mol. The van der Waals surface area contributed by atoms with Gasteiger partial charge in [-0.3, -0.25) is 10.4 Å². The predicted octanol–water partition coefficient (Wildman–Crippen LogP) is 4.09. The van der Waals surface area contributed by atoms with Crippen molar-refractivity contribution in [2.75, 3.05) is 0 Å². The van der Waals surface area contributed by atoms with Crippen molar-refractivity contribution in [2.24, 2.45) is 4.99 Å². The second-order valence-corrected chi connectivity index (χ2v) is 4.00. The summed E-state index contributed by atoms with van der Waals surface area (Å²) in [6.45, 7) is 3.51. The van der Waals surface area contributed by atoms with Crippen molar-refractivity contribution in [1.82, 2.24) is 0 Å². The van der Waals surface area contributed by atoms with Crippen molar-refractivity contribution in [3.63, 3.8) is 0 Å². The van der Waals surface area contributed by atoms with E-state index in [0.717, 1.165) is 5.56 Å². The van der Waals surface area contributed by atoms with Crippen LogP contribution < -0.4 is 0 Å². The molecule has 0 aliphatic heterocycles. The molecular formula is C14H11ClN2. The van der Waals surface area contributed by atoms with E-state index in [4.69, 9.17) is 17.0 Å². The number of halogens is 1. The van der Waals surface area contributed by atoms with Gasteiger partial charge in [-0.2, -0.15) is 0 Å². The van der Waals surface area contributed by atoms with Gasteiger partial charge >= 0.3 is 0 Å². The van der Waals surface area contributed by atoms with Gasteiger partial charge in [0.15, 0.2) is 0 Å². The van der Waals surface area contributed by atoms with Crippen LogP contribution in [0.25, 0.3) is 0 Å². The van der Waals surface area contributed by atoms with Gasteiger partial charge in [0.25, 0.3) is 0 Å². The van der Waals surface area contributed by atoms with Crippen LogP contribution in [-0.4, -0.2) is 12.4 Å². The molecule has 0 saturated carbocycles. The van der Waals surface area contributed by atoms with E-state index >= 15 is 0 Å².